The van der Waals surface area contributed by atoms with Gasteiger partial charge in [0.05, 0.1) is 7.11 Å². The van der Waals surface area contributed by atoms with Crippen LogP contribution in [-0.2, 0) is 34.0 Å². The SMILES string of the molecule is COc1ccccc1C[Si](C)(C)O[Si](C)(O[Si](C)(C)Cc1ccccc1OC(=O)Oc1ccc(C(C)(C)C)cc1)O[Si](C)(C)C[Si](C)(C)O[Si](C)(C)C. The van der Waals surface area contributed by atoms with E-state index in [1.807, 2.05) is 48.5 Å². The molecule has 3 aromatic rings. The molecular formula is C39H66O8Si6. The lowest BCUT2D eigenvalue weighted by Gasteiger charge is -2.45. The Kier molecular flexibility index (Phi) is 14.8. The van der Waals surface area contributed by atoms with E-state index in [1.165, 1.54) is 0 Å². The maximum absolute atomic E-state index is 13.0. The van der Waals surface area contributed by atoms with Crippen LogP contribution in [0.5, 0.6) is 17.2 Å². The minimum atomic E-state index is -3.28. The number of carbonyl (C=O) groups excluding carboxylic acids is 1. The average molecular weight is 831 g/mol. The van der Waals surface area contributed by atoms with E-state index in [1.54, 1.807) is 25.3 Å². The molecule has 0 saturated heterocycles. The summed E-state index contributed by atoms with van der Waals surface area (Å²) < 4.78 is 45.7. The molecule has 0 heterocycles. The summed E-state index contributed by atoms with van der Waals surface area (Å²) in [5.74, 6) is 1.75. The minimum absolute atomic E-state index is 0.00252. The third-order valence-electron chi connectivity index (χ3n) is 8.33. The molecule has 14 heteroatoms. The van der Waals surface area contributed by atoms with Crippen molar-refractivity contribution in [3.05, 3.63) is 89.5 Å². The standard InChI is InChI=1S/C39H66O8Si6/c1-39(2,3)34-25-27-35(28-26-34)42-38(40)43-37-24-20-18-22-33(37)30-50(10,11)46-53(16,47-52(14,15)31-51(12,13)44-48(5,6)7)45-49(8,9)29-32-21-17-19-23-36(32)41-4/h17-28H,29-31H2,1-16H3. The van der Waals surface area contributed by atoms with Crippen LogP contribution in [0.25, 0.3) is 0 Å². The highest BCUT2D eigenvalue weighted by Gasteiger charge is 2.51. The zero-order valence-corrected chi connectivity index (χ0v) is 41.3. The Morgan fingerprint density at radius 1 is 0.547 bits per heavy atom. The summed E-state index contributed by atoms with van der Waals surface area (Å²) in [6, 6.07) is 24.6. The van der Waals surface area contributed by atoms with E-state index in [4.69, 9.17) is 30.7 Å². The van der Waals surface area contributed by atoms with Crippen molar-refractivity contribution >= 4 is 56.5 Å². The molecule has 0 spiro atoms. The van der Waals surface area contributed by atoms with E-state index < -0.39 is 56.5 Å². The second-order valence-electron chi connectivity index (χ2n) is 18.6. The van der Waals surface area contributed by atoms with Crippen molar-refractivity contribution in [2.45, 2.75) is 123 Å². The van der Waals surface area contributed by atoms with Crippen molar-refractivity contribution in [3.63, 3.8) is 0 Å². The monoisotopic (exact) mass is 830 g/mol. The molecule has 0 aliphatic rings. The van der Waals surface area contributed by atoms with E-state index in [0.29, 0.717) is 17.5 Å². The molecule has 0 fully saturated rings. The van der Waals surface area contributed by atoms with Gasteiger partial charge in [0.25, 0.3) is 0 Å². The summed E-state index contributed by atoms with van der Waals surface area (Å²) in [6.07, 6.45) is -0.781. The molecule has 53 heavy (non-hydrogen) atoms. The van der Waals surface area contributed by atoms with Gasteiger partial charge in [0.15, 0.2) is 41.6 Å². The van der Waals surface area contributed by atoms with Crippen molar-refractivity contribution in [1.29, 1.82) is 0 Å². The van der Waals surface area contributed by atoms with Gasteiger partial charge in [-0.15, -0.1) is 0 Å². The average Bonchev–Trinajstić information content (AvgIpc) is 2.94. The zero-order chi connectivity index (χ0) is 40.1. The van der Waals surface area contributed by atoms with Gasteiger partial charge in [0.2, 0.25) is 0 Å². The highest BCUT2D eigenvalue weighted by Crippen LogP contribution is 2.34. The Bertz CT molecular complexity index is 1670. The van der Waals surface area contributed by atoms with Gasteiger partial charge in [0.1, 0.15) is 17.2 Å². The number of ether oxygens (including phenoxy) is 3. The molecule has 3 rings (SSSR count). The Labute approximate surface area is 326 Å². The lowest BCUT2D eigenvalue weighted by Crippen LogP contribution is -2.62. The molecule has 0 amide bonds. The molecule has 0 bridgehead atoms. The van der Waals surface area contributed by atoms with Crippen LogP contribution in [0.3, 0.4) is 0 Å². The highest BCUT2D eigenvalue weighted by molar-refractivity contribution is 6.97. The van der Waals surface area contributed by atoms with Gasteiger partial charge in [-0.25, -0.2) is 4.79 Å². The first-order chi connectivity index (χ1) is 24.1. The first kappa shape index (κ1) is 45.3. The van der Waals surface area contributed by atoms with Gasteiger partial charge in [-0.2, -0.15) is 0 Å². The first-order valence-electron chi connectivity index (χ1n) is 18.6. The smallest absolute Gasteiger partial charge is 0.496 e. The number of hydrogen-bond donors (Lipinski definition) is 0. The molecule has 0 radical (unpaired) electrons. The van der Waals surface area contributed by atoms with Crippen LogP contribution < -0.4 is 14.2 Å². The molecule has 0 aliphatic heterocycles. The van der Waals surface area contributed by atoms with Gasteiger partial charge in [-0.1, -0.05) is 69.3 Å². The highest BCUT2D eigenvalue weighted by atomic mass is 28.5. The molecule has 3 aromatic carbocycles. The third-order valence-corrected chi connectivity index (χ3v) is 33.3. The molecule has 0 aromatic heterocycles. The number of methoxy groups -OCH3 is 1. The fraction of sp³-hybridized carbons (Fsp3) is 0.513. The number of rotatable bonds is 17. The molecule has 1 atom stereocenters. The van der Waals surface area contributed by atoms with E-state index in [9.17, 15) is 4.79 Å². The number of benzene rings is 3. The van der Waals surface area contributed by atoms with Crippen LogP contribution in [0.1, 0.15) is 37.5 Å². The predicted octanol–water partition coefficient (Wildman–Crippen LogP) is 11.3. The third kappa shape index (κ3) is 15.5. The van der Waals surface area contributed by atoms with E-state index in [0.717, 1.165) is 34.2 Å². The Morgan fingerprint density at radius 2 is 0.981 bits per heavy atom. The molecule has 8 nitrogen and oxygen atoms in total. The Morgan fingerprint density at radius 3 is 1.45 bits per heavy atom. The van der Waals surface area contributed by atoms with E-state index in [-0.39, 0.29) is 5.41 Å². The van der Waals surface area contributed by atoms with Crippen LogP contribution in [0, 0.1) is 0 Å². The number of hydrogen-bond acceptors (Lipinski definition) is 8. The maximum Gasteiger partial charge on any atom is 0.519 e. The van der Waals surface area contributed by atoms with Gasteiger partial charge in [-0.3, -0.25) is 0 Å². The van der Waals surface area contributed by atoms with E-state index >= 15 is 0 Å². The maximum atomic E-state index is 13.0. The quantitative estimate of drug-likeness (QED) is 0.0756. The number of para-hydroxylation sites is 2. The van der Waals surface area contributed by atoms with Crippen LogP contribution in [0.2, 0.25) is 84.2 Å². The summed E-state index contributed by atoms with van der Waals surface area (Å²) in [6.45, 7) is 33.3. The summed E-state index contributed by atoms with van der Waals surface area (Å²) in [5.41, 5.74) is 4.09. The van der Waals surface area contributed by atoms with Gasteiger partial charge in [-0.05, 0) is 136 Å². The van der Waals surface area contributed by atoms with Crippen LogP contribution in [0.4, 0.5) is 4.79 Å². The van der Waals surface area contributed by atoms with Gasteiger partial charge in [0, 0.05) is 6.55 Å². The normalized spacial score (nSPS) is 14.4. The van der Waals surface area contributed by atoms with Crippen LogP contribution >= 0.6 is 0 Å². The molecule has 0 aliphatic carbocycles. The molecule has 0 N–H and O–H groups in total. The van der Waals surface area contributed by atoms with Crippen molar-refractivity contribution in [1.82, 2.24) is 0 Å². The van der Waals surface area contributed by atoms with Crippen LogP contribution in [-0.4, -0.2) is 63.7 Å². The fourth-order valence-corrected chi connectivity index (χ4v) is 40.7. The van der Waals surface area contributed by atoms with Crippen LogP contribution in [0.15, 0.2) is 72.8 Å². The predicted molar refractivity (Wildman–Crippen MR) is 233 cm³/mol. The topological polar surface area (TPSA) is 81.7 Å². The van der Waals surface area contributed by atoms with Crippen molar-refractivity contribution in [2.75, 3.05) is 7.11 Å². The Balaban J connectivity index is 1.88. The second kappa shape index (κ2) is 17.3. The molecule has 1 unspecified atom stereocenters. The number of carbonyl (C=O) groups is 1. The molecular weight excluding hydrogens is 765 g/mol. The fourth-order valence-electron chi connectivity index (χ4n) is 7.31. The second-order valence-corrected chi connectivity index (χ2v) is 44.0. The summed E-state index contributed by atoms with van der Waals surface area (Å²) in [7, 11) is -12.7. The minimum Gasteiger partial charge on any atom is -0.496 e. The zero-order valence-electron chi connectivity index (χ0n) is 35.3. The van der Waals surface area contributed by atoms with Gasteiger partial charge >= 0.3 is 15.0 Å². The van der Waals surface area contributed by atoms with Gasteiger partial charge < -0.3 is 30.7 Å². The Hall–Kier alpha value is -2.13. The van der Waals surface area contributed by atoms with E-state index in [2.05, 4.69) is 105 Å². The summed E-state index contributed by atoms with van der Waals surface area (Å²) >= 11 is 0. The lowest BCUT2D eigenvalue weighted by molar-refractivity contribution is 0.151. The summed E-state index contributed by atoms with van der Waals surface area (Å²) in [4.78, 5) is 13.0. The molecule has 294 valence electrons. The van der Waals surface area contributed by atoms with Crippen molar-refractivity contribution in [2.24, 2.45) is 0 Å². The summed E-state index contributed by atoms with van der Waals surface area (Å²) in [5, 5.41) is 0. The largest absolute Gasteiger partial charge is 0.519 e. The molecule has 0 saturated carbocycles. The van der Waals surface area contributed by atoms with Crippen molar-refractivity contribution in [3.8, 4) is 17.2 Å². The lowest BCUT2D eigenvalue weighted by atomic mass is 9.87. The first-order valence-corrected chi connectivity index (χ1v) is 36.7. The van der Waals surface area contributed by atoms with Crippen molar-refractivity contribution < 1.29 is 35.5 Å².